The Kier molecular flexibility index (Phi) is 4.90. The van der Waals surface area contributed by atoms with Crippen molar-refractivity contribution in [1.29, 1.82) is 0 Å². The fraction of sp³-hybridized carbons (Fsp3) is 0.727. The van der Waals surface area contributed by atoms with Crippen molar-refractivity contribution in [3.63, 3.8) is 0 Å². The number of likely N-dealkylation sites (N-methyl/N-ethyl adjacent to an activating group) is 1. The Labute approximate surface area is 109 Å². The number of aromatic nitrogens is 3. The summed E-state index contributed by atoms with van der Waals surface area (Å²) in [5.74, 6) is 0.549. The minimum absolute atomic E-state index is 0.219. The summed E-state index contributed by atoms with van der Waals surface area (Å²) in [6.45, 7) is 2.24. The third-order valence-electron chi connectivity index (χ3n) is 2.55. The maximum Gasteiger partial charge on any atom is 0.406 e. The molecule has 5 nitrogen and oxygen atoms in total. The van der Waals surface area contributed by atoms with Crippen LogP contribution < -0.4 is 0 Å². The van der Waals surface area contributed by atoms with Crippen molar-refractivity contribution in [3.8, 4) is 0 Å². The van der Waals surface area contributed by atoms with E-state index in [4.69, 9.17) is 0 Å². The van der Waals surface area contributed by atoms with Crippen molar-refractivity contribution < 1.29 is 18.0 Å². The lowest BCUT2D eigenvalue weighted by atomic mass is 10.4. The Morgan fingerprint density at radius 3 is 2.42 bits per heavy atom. The van der Waals surface area contributed by atoms with Gasteiger partial charge in [0, 0.05) is 19.9 Å². The van der Waals surface area contributed by atoms with E-state index in [-0.39, 0.29) is 6.54 Å². The van der Waals surface area contributed by atoms with Crippen molar-refractivity contribution >= 4 is 5.91 Å². The van der Waals surface area contributed by atoms with Crippen LogP contribution >= 0.6 is 0 Å². The first-order valence-corrected chi connectivity index (χ1v) is 6.00. The molecule has 108 valence electrons. The van der Waals surface area contributed by atoms with E-state index in [2.05, 4.69) is 10.1 Å². The molecule has 0 atom stereocenters. The van der Waals surface area contributed by atoms with Gasteiger partial charge in [0.05, 0.1) is 0 Å². The Balaban J connectivity index is 2.73. The molecule has 0 spiro atoms. The molecular formula is C11H17F3N4O. The second-order valence-electron chi connectivity index (χ2n) is 4.17. The van der Waals surface area contributed by atoms with Crippen LogP contribution in [0.1, 0.15) is 25.5 Å². The third kappa shape index (κ3) is 4.53. The minimum atomic E-state index is -4.39. The minimum Gasteiger partial charge on any atom is -0.335 e. The van der Waals surface area contributed by atoms with Gasteiger partial charge in [-0.05, 0) is 0 Å². The van der Waals surface area contributed by atoms with Gasteiger partial charge in [-0.25, -0.2) is 9.67 Å². The van der Waals surface area contributed by atoms with Gasteiger partial charge in [-0.1, -0.05) is 13.8 Å². The summed E-state index contributed by atoms with van der Waals surface area (Å²) in [4.78, 5) is 16.5. The number of carbonyl (C=O) groups is 1. The molecule has 8 heteroatoms. The molecule has 1 amide bonds. The Morgan fingerprint density at radius 1 is 1.32 bits per heavy atom. The predicted octanol–water partition coefficient (Wildman–Crippen LogP) is 1.42. The quantitative estimate of drug-likeness (QED) is 0.818. The summed E-state index contributed by atoms with van der Waals surface area (Å²) in [6, 6.07) is 0. The number of carbonyl (C=O) groups excluding carboxylic acids is 1. The van der Waals surface area contributed by atoms with E-state index in [9.17, 15) is 18.0 Å². The number of hydrogen-bond donors (Lipinski definition) is 0. The number of amides is 1. The van der Waals surface area contributed by atoms with Gasteiger partial charge in [0.25, 0.3) is 0 Å². The first kappa shape index (κ1) is 15.5. The number of nitrogens with zero attached hydrogens (tertiary/aromatic N) is 4. The van der Waals surface area contributed by atoms with Gasteiger partial charge in [0.15, 0.2) is 5.82 Å². The second kappa shape index (κ2) is 6.03. The van der Waals surface area contributed by atoms with E-state index in [0.717, 1.165) is 7.05 Å². The van der Waals surface area contributed by atoms with E-state index < -0.39 is 18.6 Å². The lowest BCUT2D eigenvalue weighted by molar-refractivity contribution is -0.158. The zero-order valence-electron chi connectivity index (χ0n) is 11.2. The summed E-state index contributed by atoms with van der Waals surface area (Å²) in [6.07, 6.45) is -3.20. The van der Waals surface area contributed by atoms with Crippen molar-refractivity contribution in [2.75, 3.05) is 13.6 Å². The van der Waals surface area contributed by atoms with Crippen LogP contribution in [0, 0.1) is 0 Å². The number of aryl methyl sites for hydroxylation is 2. The monoisotopic (exact) mass is 278 g/mol. The molecule has 1 aromatic heterocycles. The molecule has 0 aromatic carbocycles. The highest BCUT2D eigenvalue weighted by Crippen LogP contribution is 2.15. The molecule has 0 saturated carbocycles. The zero-order valence-corrected chi connectivity index (χ0v) is 11.2. The smallest absolute Gasteiger partial charge is 0.335 e. The molecule has 0 unspecified atom stereocenters. The molecule has 0 saturated heterocycles. The van der Waals surface area contributed by atoms with Gasteiger partial charge < -0.3 is 4.90 Å². The summed E-state index contributed by atoms with van der Waals surface area (Å²) in [5.41, 5.74) is 0. The maximum absolute atomic E-state index is 12.2. The third-order valence-corrected chi connectivity index (χ3v) is 2.55. The van der Waals surface area contributed by atoms with Gasteiger partial charge >= 0.3 is 6.18 Å². The molecular weight excluding hydrogens is 261 g/mol. The molecule has 19 heavy (non-hydrogen) atoms. The van der Waals surface area contributed by atoms with E-state index in [1.807, 2.05) is 13.8 Å². The second-order valence-corrected chi connectivity index (χ2v) is 4.17. The van der Waals surface area contributed by atoms with Crippen LogP contribution in [0.25, 0.3) is 0 Å². The molecule has 0 aliphatic carbocycles. The fourth-order valence-corrected chi connectivity index (χ4v) is 1.57. The van der Waals surface area contributed by atoms with Gasteiger partial charge in [-0.2, -0.15) is 18.3 Å². The van der Waals surface area contributed by atoms with Crippen LogP contribution in [0.5, 0.6) is 0 Å². The first-order valence-electron chi connectivity index (χ1n) is 6.00. The average Bonchev–Trinajstić information content (AvgIpc) is 2.69. The summed E-state index contributed by atoms with van der Waals surface area (Å²) in [5, 5.41) is 4.10. The van der Waals surface area contributed by atoms with E-state index in [0.29, 0.717) is 29.4 Å². The molecule has 1 rings (SSSR count). The summed E-state index contributed by atoms with van der Waals surface area (Å²) < 4.78 is 37.9. The largest absolute Gasteiger partial charge is 0.406 e. The van der Waals surface area contributed by atoms with Crippen molar-refractivity contribution in [2.45, 2.75) is 39.4 Å². The van der Waals surface area contributed by atoms with Crippen molar-refractivity contribution in [2.24, 2.45) is 0 Å². The Bertz CT molecular complexity index is 442. The SMILES string of the molecule is CCc1nc(CC)n(CC(=O)N(C)CC(F)(F)F)n1. The molecule has 0 bridgehead atoms. The summed E-state index contributed by atoms with van der Waals surface area (Å²) >= 11 is 0. The fourth-order valence-electron chi connectivity index (χ4n) is 1.57. The number of alkyl halides is 3. The van der Waals surface area contributed by atoms with Crippen molar-refractivity contribution in [3.05, 3.63) is 11.6 Å². The first-order chi connectivity index (χ1) is 8.76. The highest BCUT2D eigenvalue weighted by atomic mass is 19.4. The lowest BCUT2D eigenvalue weighted by Gasteiger charge is -2.19. The maximum atomic E-state index is 12.2. The zero-order chi connectivity index (χ0) is 14.6. The summed E-state index contributed by atoms with van der Waals surface area (Å²) in [7, 11) is 1.12. The molecule has 1 aromatic rings. The van der Waals surface area contributed by atoms with Gasteiger partial charge in [-0.15, -0.1) is 0 Å². The molecule has 0 radical (unpaired) electrons. The van der Waals surface area contributed by atoms with E-state index in [1.165, 1.54) is 4.68 Å². The molecule has 0 N–H and O–H groups in total. The predicted molar refractivity (Wildman–Crippen MR) is 62.5 cm³/mol. The van der Waals surface area contributed by atoms with E-state index in [1.54, 1.807) is 0 Å². The van der Waals surface area contributed by atoms with Crippen LogP contribution in [-0.4, -0.2) is 45.3 Å². The van der Waals surface area contributed by atoms with Crippen LogP contribution in [0.2, 0.25) is 0 Å². The van der Waals surface area contributed by atoms with Gasteiger partial charge in [0.1, 0.15) is 18.9 Å². The van der Waals surface area contributed by atoms with Crippen LogP contribution in [0.3, 0.4) is 0 Å². The molecule has 0 fully saturated rings. The topological polar surface area (TPSA) is 51.0 Å². The standard InChI is InChI=1S/C11H17F3N4O/c1-4-8-15-9(5-2)18(16-8)6-10(19)17(3)7-11(12,13)14/h4-7H2,1-3H3. The Morgan fingerprint density at radius 2 is 1.95 bits per heavy atom. The lowest BCUT2D eigenvalue weighted by Crippen LogP contribution is -2.38. The van der Waals surface area contributed by atoms with Gasteiger partial charge in [0.2, 0.25) is 5.91 Å². The molecule has 1 heterocycles. The van der Waals surface area contributed by atoms with Crippen molar-refractivity contribution in [1.82, 2.24) is 19.7 Å². The van der Waals surface area contributed by atoms with E-state index >= 15 is 0 Å². The average molecular weight is 278 g/mol. The highest BCUT2D eigenvalue weighted by Gasteiger charge is 2.31. The normalized spacial score (nSPS) is 11.7. The number of rotatable bonds is 5. The van der Waals surface area contributed by atoms with Gasteiger partial charge in [-0.3, -0.25) is 4.79 Å². The molecule has 0 aliphatic heterocycles. The van der Waals surface area contributed by atoms with Crippen LogP contribution in [-0.2, 0) is 24.2 Å². The number of hydrogen-bond acceptors (Lipinski definition) is 3. The highest BCUT2D eigenvalue weighted by molar-refractivity contribution is 5.75. The van der Waals surface area contributed by atoms with Crippen LogP contribution in [0.4, 0.5) is 13.2 Å². The Hall–Kier alpha value is -1.60. The molecule has 0 aliphatic rings. The van der Waals surface area contributed by atoms with Crippen LogP contribution in [0.15, 0.2) is 0 Å². The number of halogens is 3.